The van der Waals surface area contributed by atoms with E-state index < -0.39 is 0 Å². The van der Waals surface area contributed by atoms with E-state index in [1.54, 1.807) is 18.2 Å². The van der Waals surface area contributed by atoms with Gasteiger partial charge in [-0.25, -0.2) is 9.97 Å². The minimum Gasteiger partial charge on any atom is -0.382 e. The predicted octanol–water partition coefficient (Wildman–Crippen LogP) is 2.75. The number of nitrogens with one attached hydrogen (secondary N) is 3. The summed E-state index contributed by atoms with van der Waals surface area (Å²) in [6.45, 7) is 6.19. The Labute approximate surface area is 199 Å². The van der Waals surface area contributed by atoms with Crippen LogP contribution in [0.3, 0.4) is 0 Å². The first-order chi connectivity index (χ1) is 16.4. The zero-order chi connectivity index (χ0) is 24.1. The van der Waals surface area contributed by atoms with Crippen molar-refractivity contribution in [2.24, 2.45) is 0 Å². The molecule has 1 saturated heterocycles. The SMILES string of the molecule is Cc1cc(C)cc(CNC(=O)c2cccc(-c3cnc(N)c(C(=O)NC4CCCNC4)n3)c2)c1. The number of aromatic nitrogens is 2. The van der Waals surface area contributed by atoms with Crippen molar-refractivity contribution in [1.29, 1.82) is 0 Å². The molecule has 8 heteroatoms. The Hall–Kier alpha value is -3.78. The first-order valence-electron chi connectivity index (χ1n) is 11.5. The van der Waals surface area contributed by atoms with Gasteiger partial charge >= 0.3 is 0 Å². The number of amides is 2. The fourth-order valence-corrected chi connectivity index (χ4v) is 4.21. The van der Waals surface area contributed by atoms with Crippen LogP contribution < -0.4 is 21.7 Å². The van der Waals surface area contributed by atoms with E-state index in [4.69, 9.17) is 5.73 Å². The molecule has 1 unspecified atom stereocenters. The fourth-order valence-electron chi connectivity index (χ4n) is 4.21. The molecule has 4 rings (SSSR count). The lowest BCUT2D eigenvalue weighted by molar-refractivity contribution is 0.0923. The average molecular weight is 459 g/mol. The summed E-state index contributed by atoms with van der Waals surface area (Å²) < 4.78 is 0. The van der Waals surface area contributed by atoms with Gasteiger partial charge in [-0.2, -0.15) is 0 Å². The molecule has 1 fully saturated rings. The van der Waals surface area contributed by atoms with Gasteiger partial charge in [0.1, 0.15) is 0 Å². The smallest absolute Gasteiger partial charge is 0.274 e. The monoisotopic (exact) mass is 458 g/mol. The predicted molar refractivity (Wildman–Crippen MR) is 132 cm³/mol. The number of carbonyl (C=O) groups is 2. The maximum atomic E-state index is 12.8. The molecule has 3 aromatic rings. The van der Waals surface area contributed by atoms with Crippen molar-refractivity contribution < 1.29 is 9.59 Å². The summed E-state index contributed by atoms with van der Waals surface area (Å²) in [4.78, 5) is 34.2. The van der Waals surface area contributed by atoms with Crippen molar-refractivity contribution in [2.45, 2.75) is 39.3 Å². The standard InChI is InChI=1S/C26H30N6O2/c1-16-9-17(2)11-18(10-16)13-30-25(33)20-6-3-5-19(12-20)22-15-29-24(27)23(32-22)26(34)31-21-7-4-8-28-14-21/h3,5-6,9-12,15,21,28H,4,7-8,13-14H2,1-2H3,(H2,27,29)(H,30,33)(H,31,34). The zero-order valence-electron chi connectivity index (χ0n) is 19.5. The highest BCUT2D eigenvalue weighted by molar-refractivity contribution is 5.97. The third-order valence-corrected chi connectivity index (χ3v) is 5.80. The molecule has 1 aliphatic rings. The molecule has 1 aliphatic heterocycles. The van der Waals surface area contributed by atoms with Gasteiger partial charge in [-0.05, 0) is 50.9 Å². The summed E-state index contributed by atoms with van der Waals surface area (Å²) in [5.74, 6) is -0.456. The number of piperidine rings is 1. The number of benzene rings is 2. The van der Waals surface area contributed by atoms with Crippen LogP contribution >= 0.6 is 0 Å². The lowest BCUT2D eigenvalue weighted by Gasteiger charge is -2.23. The number of nitrogens with zero attached hydrogens (tertiary/aromatic N) is 2. The zero-order valence-corrected chi connectivity index (χ0v) is 19.5. The molecule has 0 radical (unpaired) electrons. The minimum absolute atomic E-state index is 0.0373. The molecule has 2 heterocycles. The topological polar surface area (TPSA) is 122 Å². The van der Waals surface area contributed by atoms with Crippen molar-refractivity contribution in [2.75, 3.05) is 18.8 Å². The van der Waals surface area contributed by atoms with E-state index in [2.05, 4.69) is 44.1 Å². The van der Waals surface area contributed by atoms with Crippen LogP contribution in [-0.2, 0) is 6.54 Å². The molecule has 34 heavy (non-hydrogen) atoms. The lowest BCUT2D eigenvalue weighted by Crippen LogP contribution is -2.46. The highest BCUT2D eigenvalue weighted by Gasteiger charge is 2.20. The van der Waals surface area contributed by atoms with E-state index in [9.17, 15) is 9.59 Å². The lowest BCUT2D eigenvalue weighted by atomic mass is 10.1. The third-order valence-electron chi connectivity index (χ3n) is 5.80. The van der Waals surface area contributed by atoms with E-state index >= 15 is 0 Å². The van der Waals surface area contributed by atoms with Gasteiger partial charge in [0.05, 0.1) is 11.9 Å². The Morgan fingerprint density at radius 2 is 1.91 bits per heavy atom. The molecule has 1 atom stereocenters. The molecule has 0 aliphatic carbocycles. The molecule has 5 N–H and O–H groups in total. The second-order valence-corrected chi connectivity index (χ2v) is 8.77. The van der Waals surface area contributed by atoms with Crippen molar-refractivity contribution in [3.63, 3.8) is 0 Å². The Balaban J connectivity index is 1.48. The third kappa shape index (κ3) is 5.77. The van der Waals surface area contributed by atoms with Gasteiger partial charge in [-0.1, -0.05) is 41.5 Å². The first-order valence-corrected chi connectivity index (χ1v) is 11.5. The van der Waals surface area contributed by atoms with Gasteiger partial charge in [0.15, 0.2) is 11.5 Å². The normalized spacial score (nSPS) is 15.5. The highest BCUT2D eigenvalue weighted by atomic mass is 16.2. The summed E-state index contributed by atoms with van der Waals surface area (Å²) in [7, 11) is 0. The molecule has 0 spiro atoms. The highest BCUT2D eigenvalue weighted by Crippen LogP contribution is 2.20. The number of hydrogen-bond donors (Lipinski definition) is 4. The Morgan fingerprint density at radius 3 is 2.65 bits per heavy atom. The van der Waals surface area contributed by atoms with Crippen molar-refractivity contribution in [3.8, 4) is 11.3 Å². The second kappa shape index (κ2) is 10.4. The van der Waals surface area contributed by atoms with Gasteiger partial charge in [0.2, 0.25) is 0 Å². The number of nitrogen functional groups attached to an aromatic ring is 1. The van der Waals surface area contributed by atoms with Crippen LogP contribution in [0.5, 0.6) is 0 Å². The van der Waals surface area contributed by atoms with Crippen molar-refractivity contribution in [3.05, 3.63) is 76.6 Å². The summed E-state index contributed by atoms with van der Waals surface area (Å²) in [5.41, 5.74) is 11.1. The maximum absolute atomic E-state index is 12.8. The van der Waals surface area contributed by atoms with E-state index in [0.717, 1.165) is 42.6 Å². The number of hydrogen-bond acceptors (Lipinski definition) is 6. The van der Waals surface area contributed by atoms with Crippen LogP contribution in [-0.4, -0.2) is 40.9 Å². The molecule has 2 amide bonds. The van der Waals surface area contributed by atoms with Crippen LogP contribution in [0.2, 0.25) is 0 Å². The molecule has 1 aromatic heterocycles. The molecular weight excluding hydrogens is 428 g/mol. The number of aryl methyl sites for hydroxylation is 2. The number of rotatable bonds is 6. The quantitative estimate of drug-likeness (QED) is 0.451. The van der Waals surface area contributed by atoms with Crippen LogP contribution in [0.4, 0.5) is 5.82 Å². The van der Waals surface area contributed by atoms with Gasteiger partial charge in [-0.15, -0.1) is 0 Å². The molecule has 176 valence electrons. The summed E-state index contributed by atoms with van der Waals surface area (Å²) in [6.07, 6.45) is 3.43. The summed E-state index contributed by atoms with van der Waals surface area (Å²) in [5, 5.41) is 9.21. The maximum Gasteiger partial charge on any atom is 0.274 e. The van der Waals surface area contributed by atoms with Gasteiger partial charge in [0, 0.05) is 30.3 Å². The molecule has 0 bridgehead atoms. The van der Waals surface area contributed by atoms with E-state index in [1.807, 2.05) is 19.9 Å². The number of carbonyl (C=O) groups excluding carboxylic acids is 2. The van der Waals surface area contributed by atoms with E-state index in [1.165, 1.54) is 6.20 Å². The van der Waals surface area contributed by atoms with Gasteiger partial charge < -0.3 is 21.7 Å². The van der Waals surface area contributed by atoms with Gasteiger partial charge in [0.25, 0.3) is 11.8 Å². The van der Waals surface area contributed by atoms with Gasteiger partial charge in [-0.3, -0.25) is 9.59 Å². The Kier molecular flexibility index (Phi) is 7.18. The Bertz CT molecular complexity index is 1180. The Morgan fingerprint density at radius 1 is 1.12 bits per heavy atom. The minimum atomic E-state index is -0.345. The molecule has 0 saturated carbocycles. The van der Waals surface area contributed by atoms with E-state index in [0.29, 0.717) is 23.4 Å². The average Bonchev–Trinajstić information content (AvgIpc) is 2.83. The second-order valence-electron chi connectivity index (χ2n) is 8.77. The molecule has 2 aromatic carbocycles. The number of anilines is 1. The molecule has 8 nitrogen and oxygen atoms in total. The summed E-state index contributed by atoms with van der Waals surface area (Å²) >= 11 is 0. The summed E-state index contributed by atoms with van der Waals surface area (Å²) in [6, 6.07) is 13.4. The largest absolute Gasteiger partial charge is 0.382 e. The van der Waals surface area contributed by atoms with Crippen LogP contribution in [0, 0.1) is 13.8 Å². The van der Waals surface area contributed by atoms with E-state index in [-0.39, 0.29) is 29.4 Å². The fraction of sp³-hybridized carbons (Fsp3) is 0.308. The van der Waals surface area contributed by atoms with Crippen LogP contribution in [0.1, 0.15) is 50.4 Å². The van der Waals surface area contributed by atoms with Crippen molar-refractivity contribution >= 4 is 17.6 Å². The van der Waals surface area contributed by atoms with Crippen LogP contribution in [0.15, 0.2) is 48.7 Å². The number of nitrogens with two attached hydrogens (primary N) is 1. The first kappa shape index (κ1) is 23.4. The van der Waals surface area contributed by atoms with Crippen molar-refractivity contribution in [1.82, 2.24) is 25.9 Å². The molecular formula is C26H30N6O2. The van der Waals surface area contributed by atoms with Crippen LogP contribution in [0.25, 0.3) is 11.3 Å².